The third-order valence-corrected chi connectivity index (χ3v) is 1.12. The van der Waals surface area contributed by atoms with Gasteiger partial charge in [-0.25, -0.2) is 0 Å². The summed E-state index contributed by atoms with van der Waals surface area (Å²) >= 11 is 5.56. The molecular formula is C6H4BClK. The van der Waals surface area contributed by atoms with Crippen LogP contribution in [0.5, 0.6) is 0 Å². The Morgan fingerprint density at radius 3 is 1.89 bits per heavy atom. The Bertz CT molecular complexity index is 152. The summed E-state index contributed by atoms with van der Waals surface area (Å²) in [4.78, 5) is 0. The molecule has 0 saturated heterocycles. The molecule has 0 unspecified atom stereocenters. The molecule has 0 nitrogen and oxygen atoms in total. The number of hydrogen-bond acceptors (Lipinski definition) is 0. The van der Waals surface area contributed by atoms with Crippen molar-refractivity contribution < 1.29 is 0 Å². The van der Waals surface area contributed by atoms with Gasteiger partial charge in [0.2, 0.25) is 0 Å². The van der Waals surface area contributed by atoms with Crippen LogP contribution in [0.4, 0.5) is 0 Å². The van der Waals surface area contributed by atoms with E-state index in [1.54, 1.807) is 24.3 Å². The average molecular weight is 161 g/mol. The summed E-state index contributed by atoms with van der Waals surface area (Å²) in [6.07, 6.45) is 0. The summed E-state index contributed by atoms with van der Waals surface area (Å²) in [5.41, 5.74) is 0.745. The van der Waals surface area contributed by atoms with Crippen LogP contribution in [-0.2, 0) is 0 Å². The third kappa shape index (κ3) is 3.81. The van der Waals surface area contributed by atoms with E-state index in [4.69, 9.17) is 19.4 Å². The van der Waals surface area contributed by atoms with Crippen molar-refractivity contribution in [1.82, 2.24) is 0 Å². The molecule has 0 N–H and O–H groups in total. The molecule has 1 aromatic rings. The minimum absolute atomic E-state index is 0. The SMILES string of the molecule is [B]c1ccc(Cl)cc1.[K]. The van der Waals surface area contributed by atoms with Crippen molar-refractivity contribution in [2.24, 2.45) is 0 Å². The first-order valence-electron chi connectivity index (χ1n) is 2.30. The van der Waals surface area contributed by atoms with Gasteiger partial charge in [0.1, 0.15) is 7.85 Å². The fraction of sp³-hybridized carbons (Fsp3) is 0. The molecule has 0 bridgehead atoms. The normalized spacial score (nSPS) is 8.11. The number of hydrogen-bond donors (Lipinski definition) is 0. The van der Waals surface area contributed by atoms with Gasteiger partial charge in [0.05, 0.1) is 0 Å². The molecule has 1 aromatic carbocycles. The van der Waals surface area contributed by atoms with Crippen molar-refractivity contribution in [3.63, 3.8) is 0 Å². The minimum Gasteiger partial charge on any atom is -0.0966 e. The maximum absolute atomic E-state index is 5.56. The summed E-state index contributed by atoms with van der Waals surface area (Å²) in [6, 6.07) is 7.05. The van der Waals surface area contributed by atoms with Crippen molar-refractivity contribution in [3.8, 4) is 0 Å². The van der Waals surface area contributed by atoms with E-state index in [0.29, 0.717) is 0 Å². The third-order valence-electron chi connectivity index (χ3n) is 0.870. The molecule has 0 spiro atoms. The van der Waals surface area contributed by atoms with Gasteiger partial charge in [-0.3, -0.25) is 0 Å². The maximum Gasteiger partial charge on any atom is 0.113 e. The Kier molecular flexibility index (Phi) is 5.61. The Hall–Kier alpha value is 1.21. The standard InChI is InChI=1S/C6H4BCl.K/c7-5-1-3-6(8)4-2-5;/h1-4H;. The first kappa shape index (κ1) is 10.2. The van der Waals surface area contributed by atoms with E-state index in [9.17, 15) is 0 Å². The van der Waals surface area contributed by atoms with Crippen molar-refractivity contribution in [2.75, 3.05) is 0 Å². The predicted molar refractivity (Wildman–Crippen MR) is 42.6 cm³/mol. The van der Waals surface area contributed by atoms with Crippen LogP contribution in [0, 0.1) is 0 Å². The predicted octanol–water partition coefficient (Wildman–Crippen LogP) is 0.753. The van der Waals surface area contributed by atoms with Gasteiger partial charge in [0, 0.05) is 56.4 Å². The Balaban J connectivity index is 0.000000640. The fourth-order valence-corrected chi connectivity index (χ4v) is 0.589. The molecular weight excluding hydrogens is 157 g/mol. The molecule has 0 atom stereocenters. The Morgan fingerprint density at radius 1 is 1.11 bits per heavy atom. The van der Waals surface area contributed by atoms with E-state index < -0.39 is 0 Å². The van der Waals surface area contributed by atoms with Crippen LogP contribution in [-0.4, -0.2) is 59.2 Å². The van der Waals surface area contributed by atoms with Crippen molar-refractivity contribution in [2.45, 2.75) is 0 Å². The number of rotatable bonds is 0. The van der Waals surface area contributed by atoms with Gasteiger partial charge in [0.15, 0.2) is 0 Å². The average Bonchev–Trinajstić information content (AvgIpc) is 1.77. The molecule has 0 fully saturated rings. The molecule has 9 heavy (non-hydrogen) atoms. The largest absolute Gasteiger partial charge is 0.113 e. The number of halogens is 1. The summed E-state index contributed by atoms with van der Waals surface area (Å²) in [7, 11) is 5.37. The molecule has 3 heteroatoms. The molecule has 0 aliphatic carbocycles. The smallest absolute Gasteiger partial charge is 0.0966 e. The molecule has 3 radical (unpaired) electrons. The zero-order valence-electron chi connectivity index (χ0n) is 5.26. The van der Waals surface area contributed by atoms with E-state index >= 15 is 0 Å². The second-order valence-electron chi connectivity index (χ2n) is 1.55. The molecule has 39 valence electrons. The second-order valence-corrected chi connectivity index (χ2v) is 1.99. The second kappa shape index (κ2) is 4.94. The molecule has 1 rings (SSSR count). The van der Waals surface area contributed by atoms with Gasteiger partial charge in [-0.2, -0.15) is 0 Å². The monoisotopic (exact) mass is 161 g/mol. The van der Waals surface area contributed by atoms with Crippen molar-refractivity contribution >= 4 is 76.3 Å². The summed E-state index contributed by atoms with van der Waals surface area (Å²) in [5.74, 6) is 0. The van der Waals surface area contributed by atoms with Gasteiger partial charge in [-0.05, 0) is 12.1 Å². The molecule has 0 amide bonds. The van der Waals surface area contributed by atoms with Crippen molar-refractivity contribution in [1.29, 1.82) is 0 Å². The van der Waals surface area contributed by atoms with E-state index in [1.807, 2.05) is 0 Å². The van der Waals surface area contributed by atoms with Gasteiger partial charge < -0.3 is 0 Å². The van der Waals surface area contributed by atoms with Gasteiger partial charge >= 0.3 is 0 Å². The number of benzene rings is 1. The van der Waals surface area contributed by atoms with Crippen LogP contribution in [0.3, 0.4) is 0 Å². The first-order valence-corrected chi connectivity index (χ1v) is 2.68. The molecule has 0 aliphatic heterocycles. The van der Waals surface area contributed by atoms with E-state index in [0.717, 1.165) is 10.5 Å². The van der Waals surface area contributed by atoms with Crippen molar-refractivity contribution in [3.05, 3.63) is 29.3 Å². The zero-order chi connectivity index (χ0) is 5.98. The van der Waals surface area contributed by atoms with Crippen LogP contribution < -0.4 is 5.46 Å². The van der Waals surface area contributed by atoms with Crippen LogP contribution in [0.1, 0.15) is 0 Å². The van der Waals surface area contributed by atoms with Crippen LogP contribution in [0.15, 0.2) is 24.3 Å². The summed E-state index contributed by atoms with van der Waals surface area (Å²) in [6.45, 7) is 0. The van der Waals surface area contributed by atoms with E-state index in [-0.39, 0.29) is 51.4 Å². The van der Waals surface area contributed by atoms with E-state index in [2.05, 4.69) is 0 Å². The summed E-state index contributed by atoms with van der Waals surface area (Å²) < 4.78 is 0. The fourth-order valence-electron chi connectivity index (χ4n) is 0.463. The van der Waals surface area contributed by atoms with Crippen LogP contribution in [0.2, 0.25) is 5.02 Å². The van der Waals surface area contributed by atoms with Gasteiger partial charge in [0.25, 0.3) is 0 Å². The maximum atomic E-state index is 5.56. The molecule has 0 aliphatic rings. The Labute approximate surface area is 104 Å². The first-order chi connectivity index (χ1) is 3.79. The quantitative estimate of drug-likeness (QED) is 0.493. The van der Waals surface area contributed by atoms with E-state index in [1.165, 1.54) is 0 Å². The molecule has 0 heterocycles. The zero-order valence-corrected chi connectivity index (χ0v) is 9.14. The van der Waals surface area contributed by atoms with Gasteiger partial charge in [-0.1, -0.05) is 29.2 Å². The van der Waals surface area contributed by atoms with Crippen LogP contribution >= 0.6 is 11.6 Å². The molecule has 0 aromatic heterocycles. The topological polar surface area (TPSA) is 0 Å². The minimum atomic E-state index is 0. The summed E-state index contributed by atoms with van der Waals surface area (Å²) in [5, 5.41) is 0.721. The Morgan fingerprint density at radius 2 is 1.56 bits per heavy atom. The van der Waals surface area contributed by atoms with Crippen LogP contribution in [0.25, 0.3) is 0 Å². The molecule has 0 saturated carbocycles. The van der Waals surface area contributed by atoms with Gasteiger partial charge in [-0.15, -0.1) is 0 Å².